The smallest absolute Gasteiger partial charge is 0.338 e. The number of rotatable bonds is 7. The Morgan fingerprint density at radius 2 is 1.88 bits per heavy atom. The zero-order chi connectivity index (χ0) is 17.6. The second-order valence-corrected chi connectivity index (χ2v) is 8.10. The van der Waals surface area contributed by atoms with Crippen LogP contribution in [0.3, 0.4) is 0 Å². The molecule has 0 aliphatic rings. The number of hydrogen-bond acceptors (Lipinski definition) is 6. The number of carbonyl (C=O) groups excluding carboxylic acids is 2. The molecular formula is C16H17NO5S2. The predicted octanol–water partition coefficient (Wildman–Crippen LogP) is 1.67. The summed E-state index contributed by atoms with van der Waals surface area (Å²) in [7, 11) is -3.32. The summed E-state index contributed by atoms with van der Waals surface area (Å²) < 4.78 is 27.6. The van der Waals surface area contributed by atoms with Gasteiger partial charge in [-0.2, -0.15) is 0 Å². The van der Waals surface area contributed by atoms with Crippen molar-refractivity contribution in [3.05, 3.63) is 52.2 Å². The molecule has 0 radical (unpaired) electrons. The molecule has 2 rings (SSSR count). The molecule has 8 heteroatoms. The van der Waals surface area contributed by atoms with Crippen molar-refractivity contribution < 1.29 is 22.7 Å². The molecule has 1 aromatic heterocycles. The monoisotopic (exact) mass is 367 g/mol. The van der Waals surface area contributed by atoms with Crippen LogP contribution >= 0.6 is 11.3 Å². The van der Waals surface area contributed by atoms with Gasteiger partial charge in [-0.1, -0.05) is 6.07 Å². The van der Waals surface area contributed by atoms with E-state index in [0.29, 0.717) is 6.54 Å². The summed E-state index contributed by atoms with van der Waals surface area (Å²) in [4.78, 5) is 24.7. The van der Waals surface area contributed by atoms with Crippen LogP contribution in [-0.4, -0.2) is 39.7 Å². The van der Waals surface area contributed by atoms with Gasteiger partial charge in [-0.15, -0.1) is 11.3 Å². The molecule has 6 nitrogen and oxygen atoms in total. The first-order valence-corrected chi connectivity index (χ1v) is 9.90. The van der Waals surface area contributed by atoms with Crippen LogP contribution in [0.4, 0.5) is 0 Å². The average Bonchev–Trinajstić information content (AvgIpc) is 3.05. The third kappa shape index (κ3) is 5.47. The molecule has 1 heterocycles. The second-order valence-electron chi connectivity index (χ2n) is 5.05. The molecule has 0 aliphatic carbocycles. The van der Waals surface area contributed by atoms with Crippen LogP contribution in [0, 0.1) is 0 Å². The number of amides is 1. The number of carbonyl (C=O) groups is 2. The fraction of sp³-hybridized carbons (Fsp3) is 0.250. The molecule has 24 heavy (non-hydrogen) atoms. The van der Waals surface area contributed by atoms with E-state index in [2.05, 4.69) is 5.32 Å². The quantitative estimate of drug-likeness (QED) is 0.752. The van der Waals surface area contributed by atoms with Gasteiger partial charge in [0.1, 0.15) is 0 Å². The van der Waals surface area contributed by atoms with Gasteiger partial charge >= 0.3 is 5.97 Å². The fourth-order valence-electron chi connectivity index (χ4n) is 1.88. The van der Waals surface area contributed by atoms with Gasteiger partial charge in [-0.05, 0) is 42.1 Å². The summed E-state index contributed by atoms with van der Waals surface area (Å²) in [6.45, 7) is 0.0943. The zero-order valence-corrected chi connectivity index (χ0v) is 14.7. The van der Waals surface area contributed by atoms with Crippen molar-refractivity contribution in [1.29, 1.82) is 0 Å². The molecule has 1 N–H and O–H groups in total. The molecule has 128 valence electrons. The van der Waals surface area contributed by atoms with E-state index < -0.39 is 15.8 Å². The fourth-order valence-corrected chi connectivity index (χ4v) is 3.22. The van der Waals surface area contributed by atoms with Crippen molar-refractivity contribution in [3.63, 3.8) is 0 Å². The normalized spacial score (nSPS) is 11.0. The highest BCUT2D eigenvalue weighted by atomic mass is 32.2. The first-order valence-electron chi connectivity index (χ1n) is 7.12. The largest absolute Gasteiger partial charge is 0.452 e. The third-order valence-corrected chi connectivity index (χ3v) is 5.19. The molecule has 0 bridgehead atoms. The van der Waals surface area contributed by atoms with E-state index in [1.165, 1.54) is 29.1 Å². The molecule has 0 spiro atoms. The van der Waals surface area contributed by atoms with E-state index in [1.54, 1.807) is 11.3 Å². The standard InChI is InChI=1S/C16H17NO5S2/c1-24(20,21)14-6-4-12(5-7-14)16(19)22-11-15(18)17-9-8-13-3-2-10-23-13/h2-7,10H,8-9,11H2,1H3,(H,17,18). The van der Waals surface area contributed by atoms with Crippen LogP contribution in [0.1, 0.15) is 15.2 Å². The number of esters is 1. The Morgan fingerprint density at radius 3 is 2.46 bits per heavy atom. The molecule has 0 saturated heterocycles. The number of benzene rings is 1. The van der Waals surface area contributed by atoms with E-state index in [9.17, 15) is 18.0 Å². The van der Waals surface area contributed by atoms with Gasteiger partial charge in [0.2, 0.25) is 0 Å². The van der Waals surface area contributed by atoms with Crippen LogP contribution in [0.25, 0.3) is 0 Å². The zero-order valence-electron chi connectivity index (χ0n) is 13.0. The Bertz CT molecular complexity index is 796. The van der Waals surface area contributed by atoms with E-state index in [0.717, 1.165) is 12.7 Å². The minimum Gasteiger partial charge on any atom is -0.452 e. The first kappa shape index (κ1) is 18.2. The van der Waals surface area contributed by atoms with Crippen molar-refractivity contribution in [3.8, 4) is 0 Å². The Morgan fingerprint density at radius 1 is 1.17 bits per heavy atom. The molecule has 0 fully saturated rings. The lowest BCUT2D eigenvalue weighted by molar-refractivity contribution is -0.124. The summed E-state index contributed by atoms with van der Waals surface area (Å²) >= 11 is 1.61. The topological polar surface area (TPSA) is 89.5 Å². The average molecular weight is 367 g/mol. The highest BCUT2D eigenvalue weighted by Gasteiger charge is 2.12. The lowest BCUT2D eigenvalue weighted by Crippen LogP contribution is -2.30. The van der Waals surface area contributed by atoms with Gasteiger partial charge in [0.25, 0.3) is 5.91 Å². The Kier molecular flexibility index (Phi) is 6.10. The van der Waals surface area contributed by atoms with Crippen molar-refractivity contribution in [2.24, 2.45) is 0 Å². The Labute approximate surface area is 144 Å². The van der Waals surface area contributed by atoms with Crippen molar-refractivity contribution in [2.45, 2.75) is 11.3 Å². The molecule has 0 saturated carbocycles. The number of thiophene rings is 1. The van der Waals surface area contributed by atoms with Gasteiger partial charge in [0.05, 0.1) is 10.5 Å². The van der Waals surface area contributed by atoms with Crippen molar-refractivity contribution >= 4 is 33.1 Å². The van der Waals surface area contributed by atoms with Crippen LogP contribution < -0.4 is 5.32 Å². The molecule has 2 aromatic rings. The van der Waals surface area contributed by atoms with Crippen LogP contribution in [-0.2, 0) is 25.8 Å². The maximum Gasteiger partial charge on any atom is 0.338 e. The molecular weight excluding hydrogens is 350 g/mol. The maximum atomic E-state index is 11.8. The molecule has 1 amide bonds. The number of sulfone groups is 1. The SMILES string of the molecule is CS(=O)(=O)c1ccc(C(=O)OCC(=O)NCCc2cccs2)cc1. The highest BCUT2D eigenvalue weighted by Crippen LogP contribution is 2.11. The van der Waals surface area contributed by atoms with Crippen LogP contribution in [0.15, 0.2) is 46.7 Å². The van der Waals surface area contributed by atoms with Gasteiger partial charge < -0.3 is 10.1 Å². The van der Waals surface area contributed by atoms with Crippen molar-refractivity contribution in [2.75, 3.05) is 19.4 Å². The number of ether oxygens (including phenoxy) is 1. The predicted molar refractivity (Wildman–Crippen MR) is 90.9 cm³/mol. The summed E-state index contributed by atoms with van der Waals surface area (Å²) in [6.07, 6.45) is 1.81. The highest BCUT2D eigenvalue weighted by molar-refractivity contribution is 7.90. The Balaban J connectivity index is 1.76. The van der Waals surface area contributed by atoms with E-state index >= 15 is 0 Å². The third-order valence-electron chi connectivity index (χ3n) is 3.13. The summed E-state index contributed by atoms with van der Waals surface area (Å²) in [5.41, 5.74) is 0.189. The van der Waals surface area contributed by atoms with E-state index in [4.69, 9.17) is 4.74 Å². The summed E-state index contributed by atoms with van der Waals surface area (Å²) in [5.74, 6) is -1.06. The van der Waals surface area contributed by atoms with Gasteiger partial charge in [-0.3, -0.25) is 4.79 Å². The van der Waals surface area contributed by atoms with Gasteiger partial charge in [0, 0.05) is 17.7 Å². The van der Waals surface area contributed by atoms with Gasteiger partial charge in [-0.25, -0.2) is 13.2 Å². The molecule has 0 aliphatic heterocycles. The molecule has 0 unspecified atom stereocenters. The lowest BCUT2D eigenvalue weighted by atomic mass is 10.2. The Hall–Kier alpha value is -2.19. The van der Waals surface area contributed by atoms with Crippen molar-refractivity contribution in [1.82, 2.24) is 5.32 Å². The van der Waals surface area contributed by atoms with Crippen LogP contribution in [0.2, 0.25) is 0 Å². The summed E-state index contributed by atoms with van der Waals surface area (Å²) in [6, 6.07) is 9.29. The molecule has 1 aromatic carbocycles. The molecule has 0 atom stereocenters. The van der Waals surface area contributed by atoms with Gasteiger partial charge in [0.15, 0.2) is 16.4 Å². The van der Waals surface area contributed by atoms with Crippen LogP contribution in [0.5, 0.6) is 0 Å². The van der Waals surface area contributed by atoms with E-state index in [1.807, 2.05) is 17.5 Å². The number of hydrogen-bond donors (Lipinski definition) is 1. The number of nitrogens with one attached hydrogen (secondary N) is 1. The summed E-state index contributed by atoms with van der Waals surface area (Å²) in [5, 5.41) is 4.63. The van der Waals surface area contributed by atoms with E-state index in [-0.39, 0.29) is 23.0 Å². The minimum atomic E-state index is -3.32. The first-order chi connectivity index (χ1) is 11.4. The maximum absolute atomic E-state index is 11.8. The second kappa shape index (κ2) is 8.07. The minimum absolute atomic E-state index is 0.116. The lowest BCUT2D eigenvalue weighted by Gasteiger charge is -2.06.